The molecule has 4 nitrogen and oxygen atoms in total. The first-order chi connectivity index (χ1) is 11.2. The Morgan fingerprint density at radius 3 is 2.52 bits per heavy atom. The molecule has 0 saturated carbocycles. The second kappa shape index (κ2) is 6.32. The minimum absolute atomic E-state index is 0.224. The summed E-state index contributed by atoms with van der Waals surface area (Å²) in [6.45, 7) is 4.09. The summed E-state index contributed by atoms with van der Waals surface area (Å²) < 4.78 is 0. The van der Waals surface area contributed by atoms with E-state index in [1.165, 1.54) is 6.07 Å². The lowest BCUT2D eigenvalue weighted by Gasteiger charge is -2.22. The molecule has 0 bridgehead atoms. The molecule has 114 valence electrons. The molecular weight excluding hydrogens is 288 g/mol. The molecule has 3 aromatic rings. The van der Waals surface area contributed by atoms with Crippen molar-refractivity contribution in [1.29, 1.82) is 0 Å². The smallest absolute Gasteiger partial charge is 0.259 e. The fourth-order valence-electron chi connectivity index (χ4n) is 2.57. The van der Waals surface area contributed by atoms with Crippen LogP contribution >= 0.6 is 0 Å². The molecule has 23 heavy (non-hydrogen) atoms. The van der Waals surface area contributed by atoms with Gasteiger partial charge in [0.25, 0.3) is 5.91 Å². The third-order valence-electron chi connectivity index (χ3n) is 3.61. The van der Waals surface area contributed by atoms with Crippen LogP contribution in [0.15, 0.2) is 78.1 Å². The van der Waals surface area contributed by atoms with E-state index in [9.17, 15) is 9.59 Å². The fourth-order valence-corrected chi connectivity index (χ4v) is 2.57. The Labute approximate surface area is 133 Å². The van der Waals surface area contributed by atoms with Crippen molar-refractivity contribution >= 4 is 22.5 Å². The van der Waals surface area contributed by atoms with Gasteiger partial charge in [0, 0.05) is 29.2 Å². The van der Waals surface area contributed by atoms with Crippen molar-refractivity contribution in [2.75, 3.05) is 11.4 Å². The Morgan fingerprint density at radius 1 is 1.09 bits per heavy atom. The van der Waals surface area contributed by atoms with Gasteiger partial charge in [-0.25, -0.2) is 0 Å². The molecule has 0 saturated heterocycles. The van der Waals surface area contributed by atoms with E-state index in [0.717, 1.165) is 11.1 Å². The third-order valence-corrected chi connectivity index (χ3v) is 3.61. The van der Waals surface area contributed by atoms with Gasteiger partial charge in [0.2, 0.25) is 5.56 Å². The molecule has 0 spiro atoms. The second-order valence-electron chi connectivity index (χ2n) is 5.13. The highest BCUT2D eigenvalue weighted by Crippen LogP contribution is 2.21. The number of rotatable bonds is 4. The molecule has 0 radical (unpaired) electrons. The van der Waals surface area contributed by atoms with Crippen LogP contribution < -0.4 is 10.5 Å². The maximum Gasteiger partial charge on any atom is 0.259 e. The number of nitrogens with one attached hydrogen (secondary N) is 1. The number of para-hydroxylation sites is 2. The molecule has 0 unspecified atom stereocenters. The van der Waals surface area contributed by atoms with Gasteiger partial charge in [0.15, 0.2) is 0 Å². The lowest BCUT2D eigenvalue weighted by Crippen LogP contribution is -2.32. The highest BCUT2D eigenvalue weighted by Gasteiger charge is 2.19. The highest BCUT2D eigenvalue weighted by molar-refractivity contribution is 6.13. The summed E-state index contributed by atoms with van der Waals surface area (Å²) in [7, 11) is 0. The summed E-state index contributed by atoms with van der Waals surface area (Å²) in [6, 6.07) is 18.0. The number of amides is 1. The molecule has 1 heterocycles. The van der Waals surface area contributed by atoms with Crippen LogP contribution in [-0.2, 0) is 0 Å². The molecule has 0 aliphatic heterocycles. The average molecular weight is 304 g/mol. The van der Waals surface area contributed by atoms with Crippen molar-refractivity contribution < 1.29 is 4.79 Å². The fraction of sp³-hybridized carbons (Fsp3) is 0.0526. The summed E-state index contributed by atoms with van der Waals surface area (Å²) >= 11 is 0. The summed E-state index contributed by atoms with van der Waals surface area (Å²) in [4.78, 5) is 29.3. The molecule has 1 N–H and O–H groups in total. The molecule has 1 amide bonds. The predicted molar refractivity (Wildman–Crippen MR) is 92.9 cm³/mol. The van der Waals surface area contributed by atoms with Crippen molar-refractivity contribution in [3.05, 3.63) is 89.2 Å². The number of aromatic nitrogens is 1. The number of pyridine rings is 1. The Bertz CT molecular complexity index is 913. The van der Waals surface area contributed by atoms with Gasteiger partial charge in [-0.3, -0.25) is 9.59 Å². The second-order valence-corrected chi connectivity index (χ2v) is 5.13. The lowest BCUT2D eigenvalue weighted by atomic mass is 10.1. The van der Waals surface area contributed by atoms with Gasteiger partial charge in [0.1, 0.15) is 0 Å². The number of benzene rings is 2. The van der Waals surface area contributed by atoms with E-state index < -0.39 is 0 Å². The minimum atomic E-state index is -0.293. The monoisotopic (exact) mass is 304 g/mol. The van der Waals surface area contributed by atoms with Crippen molar-refractivity contribution in [2.24, 2.45) is 0 Å². The van der Waals surface area contributed by atoms with Crippen molar-refractivity contribution in [3.8, 4) is 0 Å². The maximum atomic E-state index is 13.0. The molecule has 1 aromatic heterocycles. The van der Waals surface area contributed by atoms with Crippen LogP contribution in [0.3, 0.4) is 0 Å². The molecule has 0 fully saturated rings. The number of carbonyl (C=O) groups is 1. The largest absolute Gasteiger partial charge is 0.322 e. The number of fused-ring (bicyclic) bond motifs is 1. The van der Waals surface area contributed by atoms with Crippen molar-refractivity contribution in [3.63, 3.8) is 0 Å². The van der Waals surface area contributed by atoms with Crippen LogP contribution in [0, 0.1) is 0 Å². The lowest BCUT2D eigenvalue weighted by molar-refractivity contribution is 0.0991. The number of aromatic amines is 1. The SMILES string of the molecule is C=CCN(C(=O)c1cc(=O)[nH]c2ccccc12)c1ccccc1. The van der Waals surface area contributed by atoms with Gasteiger partial charge < -0.3 is 9.88 Å². The zero-order valence-corrected chi connectivity index (χ0v) is 12.5. The first kappa shape index (κ1) is 14.8. The van der Waals surface area contributed by atoms with Gasteiger partial charge in [-0.1, -0.05) is 42.5 Å². The molecule has 2 aromatic carbocycles. The Balaban J connectivity index is 2.14. The van der Waals surface area contributed by atoms with E-state index in [1.54, 1.807) is 17.0 Å². The Morgan fingerprint density at radius 2 is 1.78 bits per heavy atom. The summed E-state index contributed by atoms with van der Waals surface area (Å²) in [5, 5.41) is 0.724. The van der Waals surface area contributed by atoms with Gasteiger partial charge >= 0.3 is 0 Å². The van der Waals surface area contributed by atoms with E-state index in [1.807, 2.05) is 48.5 Å². The van der Waals surface area contributed by atoms with Crippen LogP contribution in [-0.4, -0.2) is 17.4 Å². The molecule has 0 atom stereocenters. The zero-order chi connectivity index (χ0) is 16.2. The zero-order valence-electron chi connectivity index (χ0n) is 12.5. The normalized spacial score (nSPS) is 10.4. The standard InChI is InChI=1S/C19H16N2O2/c1-2-12-21(14-8-4-3-5-9-14)19(23)16-13-18(22)20-17-11-7-6-10-15(16)17/h2-11,13H,1,12H2,(H,20,22). The Hall–Kier alpha value is -3.14. The number of hydrogen-bond donors (Lipinski definition) is 1. The van der Waals surface area contributed by atoms with Gasteiger partial charge in [0.05, 0.1) is 5.56 Å². The van der Waals surface area contributed by atoms with E-state index in [2.05, 4.69) is 11.6 Å². The van der Waals surface area contributed by atoms with Crippen LogP contribution in [0.4, 0.5) is 5.69 Å². The Kier molecular flexibility index (Phi) is 4.06. The average Bonchev–Trinajstić information content (AvgIpc) is 2.59. The number of hydrogen-bond acceptors (Lipinski definition) is 2. The highest BCUT2D eigenvalue weighted by atomic mass is 16.2. The minimum Gasteiger partial charge on any atom is -0.322 e. The molecular formula is C19H16N2O2. The van der Waals surface area contributed by atoms with Gasteiger partial charge in [-0.05, 0) is 18.2 Å². The van der Waals surface area contributed by atoms with E-state index in [0.29, 0.717) is 17.6 Å². The van der Waals surface area contributed by atoms with Crippen LogP contribution in [0.5, 0.6) is 0 Å². The van der Waals surface area contributed by atoms with E-state index in [4.69, 9.17) is 0 Å². The first-order valence-corrected chi connectivity index (χ1v) is 7.30. The number of carbonyl (C=O) groups excluding carboxylic acids is 1. The van der Waals surface area contributed by atoms with Crippen molar-refractivity contribution in [1.82, 2.24) is 4.98 Å². The number of H-pyrrole nitrogens is 1. The summed E-state index contributed by atoms with van der Waals surface area (Å²) in [5.41, 5.74) is 1.51. The number of nitrogens with zero attached hydrogens (tertiary/aromatic N) is 1. The molecule has 4 heteroatoms. The van der Waals surface area contributed by atoms with E-state index >= 15 is 0 Å². The predicted octanol–water partition coefficient (Wildman–Crippen LogP) is 3.36. The quantitative estimate of drug-likeness (QED) is 0.751. The van der Waals surface area contributed by atoms with Crippen molar-refractivity contribution in [2.45, 2.75) is 0 Å². The van der Waals surface area contributed by atoms with Crippen LogP contribution in [0.2, 0.25) is 0 Å². The molecule has 0 aliphatic rings. The van der Waals surface area contributed by atoms with Crippen LogP contribution in [0.25, 0.3) is 10.9 Å². The molecule has 3 rings (SSSR count). The van der Waals surface area contributed by atoms with Gasteiger partial charge in [-0.15, -0.1) is 6.58 Å². The first-order valence-electron chi connectivity index (χ1n) is 7.30. The topological polar surface area (TPSA) is 53.2 Å². The van der Waals surface area contributed by atoms with Gasteiger partial charge in [-0.2, -0.15) is 0 Å². The van der Waals surface area contributed by atoms with Crippen LogP contribution in [0.1, 0.15) is 10.4 Å². The third kappa shape index (κ3) is 2.92. The maximum absolute atomic E-state index is 13.0. The number of anilines is 1. The van der Waals surface area contributed by atoms with E-state index in [-0.39, 0.29) is 11.5 Å². The summed E-state index contributed by atoms with van der Waals surface area (Å²) in [5.74, 6) is -0.224. The molecule has 0 aliphatic carbocycles. The summed E-state index contributed by atoms with van der Waals surface area (Å²) in [6.07, 6.45) is 1.67.